The van der Waals surface area contributed by atoms with Gasteiger partial charge in [0.1, 0.15) is 29.2 Å². The van der Waals surface area contributed by atoms with Crippen LogP contribution in [0.25, 0.3) is 33.2 Å². The van der Waals surface area contributed by atoms with E-state index in [1.165, 1.54) is 6.07 Å². The van der Waals surface area contributed by atoms with Gasteiger partial charge in [-0.1, -0.05) is 0 Å². The van der Waals surface area contributed by atoms with Gasteiger partial charge in [0.25, 0.3) is 0 Å². The lowest BCUT2D eigenvalue weighted by Gasteiger charge is -2.03. The van der Waals surface area contributed by atoms with Gasteiger partial charge in [-0.2, -0.15) is 4.39 Å². The van der Waals surface area contributed by atoms with E-state index >= 15 is 0 Å². The topological polar surface area (TPSA) is 54.5 Å². The maximum absolute atomic E-state index is 13.4. The lowest BCUT2D eigenvalue weighted by molar-refractivity contribution is 0.587. The van der Waals surface area contributed by atoms with Crippen LogP contribution < -0.4 is 16.8 Å². The lowest BCUT2D eigenvalue weighted by Crippen LogP contribution is -2.20. The Morgan fingerprint density at radius 2 is 1.70 bits per heavy atom. The average molecular weight is 294 g/mol. The Bertz CT molecular complexity index is 1060. The molecule has 0 atom stereocenters. The van der Waals surface area contributed by atoms with E-state index in [4.69, 9.17) is 23.5 Å². The average Bonchev–Trinajstić information content (AvgIpc) is 2.83. The molecule has 6 radical (unpaired) electrons. The van der Waals surface area contributed by atoms with E-state index in [1.54, 1.807) is 18.2 Å². The van der Waals surface area contributed by atoms with Crippen molar-refractivity contribution < 1.29 is 4.39 Å². The number of hydrogen-bond donors (Lipinski definition) is 1. The summed E-state index contributed by atoms with van der Waals surface area (Å²) in [5.74, 6) is -0.653. The van der Waals surface area contributed by atoms with Crippen LogP contribution in [0.2, 0.25) is 0 Å². The molecule has 8 heteroatoms. The van der Waals surface area contributed by atoms with E-state index in [-0.39, 0.29) is 5.59 Å². The number of nitrogens with one attached hydrogen (secondary N) is 1. The fraction of sp³-hybridized carbons (Fsp3) is 0. The van der Waals surface area contributed by atoms with E-state index in [9.17, 15) is 4.39 Å². The van der Waals surface area contributed by atoms with Crippen molar-refractivity contribution in [3.63, 3.8) is 0 Å². The highest BCUT2D eigenvalue weighted by Gasteiger charge is 2.11. The van der Waals surface area contributed by atoms with Crippen molar-refractivity contribution in [2.75, 3.05) is 0 Å². The van der Waals surface area contributed by atoms with Crippen LogP contribution >= 0.6 is 0 Å². The summed E-state index contributed by atoms with van der Waals surface area (Å²) in [7, 11) is 17.2. The Morgan fingerprint density at radius 3 is 2.48 bits per heavy atom. The number of fused-ring (bicyclic) bond motifs is 3. The van der Waals surface area contributed by atoms with Gasteiger partial charge in [0, 0.05) is 27.9 Å². The Labute approximate surface area is 134 Å². The minimum atomic E-state index is -0.653. The van der Waals surface area contributed by atoms with E-state index in [1.807, 2.05) is 6.07 Å². The summed E-state index contributed by atoms with van der Waals surface area (Å²) >= 11 is 0. The van der Waals surface area contributed by atoms with Crippen molar-refractivity contribution in [3.8, 4) is 11.3 Å². The maximum Gasteiger partial charge on any atom is 0.212 e. The molecule has 1 N–H and O–H groups in total. The summed E-state index contributed by atoms with van der Waals surface area (Å²) in [4.78, 5) is 15.2. The molecule has 4 rings (SSSR count). The molecule has 102 valence electrons. The molecule has 0 aliphatic carbocycles. The first-order valence-electron chi connectivity index (χ1n) is 6.79. The molecule has 0 saturated heterocycles. The second-order valence-corrected chi connectivity index (χ2v) is 5.18. The van der Waals surface area contributed by atoms with Crippen LogP contribution in [0, 0.1) is 5.95 Å². The Kier molecular flexibility index (Phi) is 3.01. The molecular weight excluding hydrogens is 288 g/mol. The molecule has 0 amide bonds. The number of rotatable bonds is 1. The van der Waals surface area contributed by atoms with Gasteiger partial charge in [-0.05, 0) is 41.0 Å². The molecule has 0 spiro atoms. The summed E-state index contributed by atoms with van der Waals surface area (Å²) in [6.45, 7) is 0. The largest absolute Gasteiger partial charge is 0.339 e. The van der Waals surface area contributed by atoms with Gasteiger partial charge in [0.2, 0.25) is 5.95 Å². The van der Waals surface area contributed by atoms with Gasteiger partial charge < -0.3 is 4.98 Å². The molecule has 0 aliphatic rings. The molecule has 0 fully saturated rings. The number of aromatic amines is 1. The summed E-state index contributed by atoms with van der Waals surface area (Å²) in [6.07, 6.45) is 0. The molecule has 23 heavy (non-hydrogen) atoms. The Morgan fingerprint density at radius 1 is 0.913 bits per heavy atom. The molecule has 4 aromatic heterocycles. The lowest BCUT2D eigenvalue weighted by atomic mass is 9.94. The zero-order valence-corrected chi connectivity index (χ0v) is 11.8. The first kappa shape index (κ1) is 14.0. The van der Waals surface area contributed by atoms with E-state index in [0.29, 0.717) is 28.1 Å². The van der Waals surface area contributed by atoms with Crippen LogP contribution in [0.15, 0.2) is 30.3 Å². The van der Waals surface area contributed by atoms with Gasteiger partial charge in [0.15, 0.2) is 0 Å². The number of halogens is 1. The standard InChI is InChI=1S/C15H6B3FN4/c16-10-3-6(4-12(19)22-10)8-2-1-7-13-9(21-15(7)20-8)5-11(17)23-14(13)18/h1-5H,(H,20,21). The van der Waals surface area contributed by atoms with Crippen molar-refractivity contribution in [1.29, 1.82) is 0 Å². The van der Waals surface area contributed by atoms with Crippen molar-refractivity contribution >= 4 is 62.3 Å². The third-order valence-electron chi connectivity index (χ3n) is 3.59. The highest BCUT2D eigenvalue weighted by Crippen LogP contribution is 2.25. The van der Waals surface area contributed by atoms with E-state index in [2.05, 4.69) is 19.9 Å². The minimum absolute atomic E-state index is 0.0970. The number of nitrogens with zero attached hydrogens (tertiary/aromatic N) is 3. The van der Waals surface area contributed by atoms with Gasteiger partial charge in [-0.15, -0.1) is 0 Å². The molecule has 0 aliphatic heterocycles. The zero-order chi connectivity index (χ0) is 16.1. The van der Waals surface area contributed by atoms with Crippen molar-refractivity contribution in [2.45, 2.75) is 0 Å². The molecule has 4 aromatic rings. The third kappa shape index (κ3) is 2.30. The highest BCUT2D eigenvalue weighted by molar-refractivity contribution is 6.42. The quantitative estimate of drug-likeness (QED) is 0.387. The van der Waals surface area contributed by atoms with E-state index < -0.39 is 5.95 Å². The fourth-order valence-corrected chi connectivity index (χ4v) is 2.68. The van der Waals surface area contributed by atoms with Crippen LogP contribution in [-0.2, 0) is 0 Å². The van der Waals surface area contributed by atoms with Crippen LogP contribution in [0.5, 0.6) is 0 Å². The second-order valence-electron chi connectivity index (χ2n) is 5.18. The van der Waals surface area contributed by atoms with Crippen molar-refractivity contribution in [2.24, 2.45) is 0 Å². The summed E-state index contributed by atoms with van der Waals surface area (Å²) in [5, 5.41) is 1.57. The molecule has 0 saturated carbocycles. The monoisotopic (exact) mass is 294 g/mol. The molecule has 4 nitrogen and oxygen atoms in total. The van der Waals surface area contributed by atoms with Crippen LogP contribution in [-0.4, -0.2) is 43.5 Å². The molecule has 4 heterocycles. The number of pyridine rings is 3. The van der Waals surface area contributed by atoms with Gasteiger partial charge >= 0.3 is 0 Å². The number of aromatic nitrogens is 4. The van der Waals surface area contributed by atoms with E-state index in [0.717, 1.165) is 16.3 Å². The normalized spacial score (nSPS) is 11.3. The second kappa shape index (κ2) is 4.94. The number of hydrogen-bond acceptors (Lipinski definition) is 3. The fourth-order valence-electron chi connectivity index (χ4n) is 2.68. The van der Waals surface area contributed by atoms with Gasteiger partial charge in [-0.25, -0.2) is 9.97 Å². The molecule has 0 unspecified atom stereocenters. The van der Waals surface area contributed by atoms with Crippen LogP contribution in [0.3, 0.4) is 0 Å². The first-order valence-corrected chi connectivity index (χ1v) is 6.79. The highest BCUT2D eigenvalue weighted by atomic mass is 19.1. The number of H-pyrrole nitrogens is 1. The Balaban J connectivity index is 1.98. The zero-order valence-electron chi connectivity index (χ0n) is 11.8. The molecular formula is C15H6B3FN4. The van der Waals surface area contributed by atoms with Gasteiger partial charge in [-0.3, -0.25) is 4.98 Å². The van der Waals surface area contributed by atoms with Crippen molar-refractivity contribution in [3.05, 3.63) is 36.3 Å². The molecule has 0 aromatic carbocycles. The third-order valence-corrected chi connectivity index (χ3v) is 3.59. The van der Waals surface area contributed by atoms with Crippen molar-refractivity contribution in [1.82, 2.24) is 19.9 Å². The SMILES string of the molecule is [B]c1cc(-c2ccc3c(n2)[nH]c2cc([B])nc([B])c23)cc(F)n1. The molecule has 0 bridgehead atoms. The minimum Gasteiger partial charge on any atom is -0.339 e. The maximum atomic E-state index is 13.4. The summed E-state index contributed by atoms with van der Waals surface area (Å²) in [5.41, 5.74) is 3.21. The van der Waals surface area contributed by atoms with Crippen LogP contribution in [0.1, 0.15) is 0 Å². The predicted octanol–water partition coefficient (Wildman–Crippen LogP) is -0.306. The van der Waals surface area contributed by atoms with Gasteiger partial charge in [0.05, 0.1) is 5.69 Å². The Hall–Kier alpha value is -2.63. The van der Waals surface area contributed by atoms with Crippen LogP contribution in [0.4, 0.5) is 4.39 Å². The smallest absolute Gasteiger partial charge is 0.212 e. The summed E-state index contributed by atoms with van der Waals surface area (Å²) < 4.78 is 13.4. The summed E-state index contributed by atoms with van der Waals surface area (Å²) in [6, 6.07) is 8.14. The first-order chi connectivity index (χ1) is 11.0. The predicted molar refractivity (Wildman–Crippen MR) is 90.7 cm³/mol.